The number of amides is 1. The molecule has 0 aliphatic carbocycles. The van der Waals surface area contributed by atoms with Crippen molar-refractivity contribution in [2.24, 2.45) is 5.73 Å². The molecule has 0 spiro atoms. The molecule has 1 amide bonds. The molecule has 2 aromatic carbocycles. The molecular weight excluding hydrogens is 340 g/mol. The van der Waals surface area contributed by atoms with E-state index in [1.807, 2.05) is 24.3 Å². The van der Waals surface area contributed by atoms with E-state index < -0.39 is 5.91 Å². The molecule has 0 bridgehead atoms. The van der Waals surface area contributed by atoms with Gasteiger partial charge in [0.05, 0.1) is 21.7 Å². The van der Waals surface area contributed by atoms with Crippen LogP contribution in [0.4, 0.5) is 11.5 Å². The van der Waals surface area contributed by atoms with E-state index in [0.717, 1.165) is 36.9 Å². The summed E-state index contributed by atoms with van der Waals surface area (Å²) in [6, 6.07) is 13.1. The van der Waals surface area contributed by atoms with Gasteiger partial charge in [-0.1, -0.05) is 35.0 Å². The highest BCUT2D eigenvalue weighted by molar-refractivity contribution is 6.33. The lowest BCUT2D eigenvalue weighted by atomic mass is 10.1. The van der Waals surface area contributed by atoms with E-state index in [1.165, 1.54) is 0 Å². The molecule has 1 saturated heterocycles. The lowest BCUT2D eigenvalue weighted by molar-refractivity contribution is 0.100. The van der Waals surface area contributed by atoms with Crippen molar-refractivity contribution in [2.75, 3.05) is 36.0 Å². The standard InChI is InChI=1S/C18H17ClN4O2/c19-13-5-1-2-6-14(13)22-8-10-23(11-9-22)18-16-12(17(20)24)4-3-7-15(16)25-21-18/h1-7H,8-11H2,(H2,20,24). The number of aromatic nitrogens is 1. The number of nitrogens with zero attached hydrogens (tertiary/aromatic N) is 3. The van der Waals surface area contributed by atoms with Crippen LogP contribution in [0.3, 0.4) is 0 Å². The Balaban J connectivity index is 1.60. The summed E-state index contributed by atoms with van der Waals surface area (Å²) in [5.41, 5.74) is 7.54. The van der Waals surface area contributed by atoms with Crippen molar-refractivity contribution in [3.63, 3.8) is 0 Å². The van der Waals surface area contributed by atoms with Crippen LogP contribution < -0.4 is 15.5 Å². The van der Waals surface area contributed by atoms with Crippen LogP contribution in [0.1, 0.15) is 10.4 Å². The minimum Gasteiger partial charge on any atom is -0.367 e. The van der Waals surface area contributed by atoms with Crippen molar-refractivity contribution in [1.82, 2.24) is 5.16 Å². The van der Waals surface area contributed by atoms with E-state index in [9.17, 15) is 4.79 Å². The predicted molar refractivity (Wildman–Crippen MR) is 98.4 cm³/mol. The first-order valence-electron chi connectivity index (χ1n) is 8.08. The molecule has 25 heavy (non-hydrogen) atoms. The van der Waals surface area contributed by atoms with Crippen LogP contribution >= 0.6 is 11.6 Å². The summed E-state index contributed by atoms with van der Waals surface area (Å²) in [7, 11) is 0. The molecule has 3 aromatic rings. The first-order valence-corrected chi connectivity index (χ1v) is 8.45. The molecule has 0 radical (unpaired) electrons. The van der Waals surface area contributed by atoms with Gasteiger partial charge in [-0.3, -0.25) is 4.79 Å². The fourth-order valence-electron chi connectivity index (χ4n) is 3.26. The number of benzene rings is 2. The number of anilines is 2. The van der Waals surface area contributed by atoms with Crippen molar-refractivity contribution in [1.29, 1.82) is 0 Å². The fourth-order valence-corrected chi connectivity index (χ4v) is 3.52. The zero-order valence-corrected chi connectivity index (χ0v) is 14.2. The first-order chi connectivity index (χ1) is 12.1. The molecule has 1 aromatic heterocycles. The van der Waals surface area contributed by atoms with Crippen LogP contribution in [0.25, 0.3) is 11.0 Å². The van der Waals surface area contributed by atoms with E-state index in [4.69, 9.17) is 21.9 Å². The van der Waals surface area contributed by atoms with Crippen molar-refractivity contribution in [2.45, 2.75) is 0 Å². The fraction of sp³-hybridized carbons (Fsp3) is 0.222. The largest absolute Gasteiger partial charge is 0.367 e. The number of halogens is 1. The number of nitrogens with two attached hydrogens (primary N) is 1. The van der Waals surface area contributed by atoms with E-state index in [2.05, 4.69) is 15.0 Å². The molecule has 0 atom stereocenters. The number of hydrogen-bond acceptors (Lipinski definition) is 5. The Labute approximate surface area is 149 Å². The van der Waals surface area contributed by atoms with Crippen LogP contribution in [0.5, 0.6) is 0 Å². The lowest BCUT2D eigenvalue weighted by Crippen LogP contribution is -2.46. The second kappa shape index (κ2) is 6.29. The van der Waals surface area contributed by atoms with Gasteiger partial charge in [0.1, 0.15) is 0 Å². The maximum atomic E-state index is 11.7. The average Bonchev–Trinajstić information content (AvgIpc) is 3.06. The Kier molecular flexibility index (Phi) is 3.97. The highest BCUT2D eigenvalue weighted by Crippen LogP contribution is 2.31. The number of rotatable bonds is 3. The summed E-state index contributed by atoms with van der Waals surface area (Å²) >= 11 is 6.29. The molecule has 6 nitrogen and oxygen atoms in total. The molecule has 2 N–H and O–H groups in total. The van der Waals surface area contributed by atoms with Gasteiger partial charge < -0.3 is 20.1 Å². The zero-order chi connectivity index (χ0) is 17.4. The summed E-state index contributed by atoms with van der Waals surface area (Å²) in [5.74, 6) is 0.188. The number of para-hydroxylation sites is 1. The average molecular weight is 357 g/mol. The molecule has 7 heteroatoms. The summed E-state index contributed by atoms with van der Waals surface area (Å²) < 4.78 is 5.39. The number of carbonyl (C=O) groups is 1. The number of primary amides is 1. The number of fused-ring (bicyclic) bond motifs is 1. The predicted octanol–water partition coefficient (Wildman–Crippen LogP) is 2.91. The quantitative estimate of drug-likeness (QED) is 0.781. The Hall–Kier alpha value is -2.73. The molecule has 1 aliphatic rings. The van der Waals surface area contributed by atoms with Crippen molar-refractivity contribution in [3.05, 3.63) is 53.1 Å². The van der Waals surface area contributed by atoms with Crippen LogP contribution in [-0.2, 0) is 0 Å². The maximum absolute atomic E-state index is 11.7. The third-order valence-corrected chi connectivity index (χ3v) is 4.84. The molecule has 4 rings (SSSR count). The highest BCUT2D eigenvalue weighted by atomic mass is 35.5. The van der Waals surface area contributed by atoms with E-state index in [1.54, 1.807) is 18.2 Å². The number of hydrogen-bond donors (Lipinski definition) is 1. The van der Waals surface area contributed by atoms with Gasteiger partial charge in [0.2, 0.25) is 5.91 Å². The smallest absolute Gasteiger partial charge is 0.249 e. The summed E-state index contributed by atoms with van der Waals surface area (Å²) in [4.78, 5) is 16.1. The molecule has 0 unspecified atom stereocenters. The van der Waals surface area contributed by atoms with Gasteiger partial charge in [0, 0.05) is 26.2 Å². The SMILES string of the molecule is NC(=O)c1cccc2onc(N3CCN(c4ccccc4Cl)CC3)c12. The molecule has 0 saturated carbocycles. The normalized spacial score (nSPS) is 14.9. The summed E-state index contributed by atoms with van der Waals surface area (Å²) in [6.45, 7) is 3.10. The zero-order valence-electron chi connectivity index (χ0n) is 13.5. The minimum atomic E-state index is -0.482. The lowest BCUT2D eigenvalue weighted by Gasteiger charge is -2.36. The third-order valence-electron chi connectivity index (χ3n) is 4.52. The summed E-state index contributed by atoms with van der Waals surface area (Å²) in [5, 5.41) is 5.61. The second-order valence-corrected chi connectivity index (χ2v) is 6.38. The number of carbonyl (C=O) groups excluding carboxylic acids is 1. The Bertz CT molecular complexity index is 932. The van der Waals surface area contributed by atoms with Gasteiger partial charge in [-0.15, -0.1) is 0 Å². The van der Waals surface area contributed by atoms with Gasteiger partial charge in [-0.25, -0.2) is 0 Å². The Morgan fingerprint density at radius 1 is 1.04 bits per heavy atom. The molecule has 128 valence electrons. The Morgan fingerprint density at radius 3 is 2.48 bits per heavy atom. The number of piperazine rings is 1. The Morgan fingerprint density at radius 2 is 1.76 bits per heavy atom. The first kappa shape index (κ1) is 15.8. The van der Waals surface area contributed by atoms with E-state index >= 15 is 0 Å². The van der Waals surface area contributed by atoms with Gasteiger partial charge in [-0.05, 0) is 24.3 Å². The minimum absolute atomic E-state index is 0.433. The van der Waals surface area contributed by atoms with Crippen LogP contribution in [0, 0.1) is 0 Å². The monoisotopic (exact) mass is 356 g/mol. The third kappa shape index (κ3) is 2.78. The van der Waals surface area contributed by atoms with Crippen molar-refractivity contribution in [3.8, 4) is 0 Å². The topological polar surface area (TPSA) is 75.6 Å². The summed E-state index contributed by atoms with van der Waals surface area (Å²) in [6.07, 6.45) is 0. The van der Waals surface area contributed by atoms with Gasteiger partial charge >= 0.3 is 0 Å². The molecule has 2 heterocycles. The van der Waals surface area contributed by atoms with Crippen LogP contribution in [-0.4, -0.2) is 37.2 Å². The van der Waals surface area contributed by atoms with Crippen molar-refractivity contribution >= 4 is 40.0 Å². The van der Waals surface area contributed by atoms with Gasteiger partial charge in [0.15, 0.2) is 11.4 Å². The maximum Gasteiger partial charge on any atom is 0.249 e. The van der Waals surface area contributed by atoms with E-state index in [-0.39, 0.29) is 0 Å². The second-order valence-electron chi connectivity index (χ2n) is 5.97. The molecular formula is C18H17ClN4O2. The van der Waals surface area contributed by atoms with Crippen molar-refractivity contribution < 1.29 is 9.32 Å². The van der Waals surface area contributed by atoms with Crippen LogP contribution in [0.2, 0.25) is 5.02 Å². The highest BCUT2D eigenvalue weighted by Gasteiger charge is 2.25. The van der Waals surface area contributed by atoms with E-state index in [0.29, 0.717) is 22.4 Å². The van der Waals surface area contributed by atoms with Crippen LogP contribution in [0.15, 0.2) is 47.0 Å². The van der Waals surface area contributed by atoms with Gasteiger partial charge in [0.25, 0.3) is 0 Å². The van der Waals surface area contributed by atoms with Gasteiger partial charge in [-0.2, -0.15) is 0 Å². The molecule has 1 aliphatic heterocycles. The molecule has 1 fully saturated rings.